The molecule has 0 saturated heterocycles. The second-order valence-corrected chi connectivity index (χ2v) is 6.67. The number of amides is 1. The van der Waals surface area contributed by atoms with Crippen molar-refractivity contribution in [2.75, 3.05) is 26.0 Å². The monoisotopic (exact) mass is 299 g/mol. The van der Waals surface area contributed by atoms with Crippen molar-refractivity contribution in [3.63, 3.8) is 0 Å². The minimum Gasteiger partial charge on any atom is -0.351 e. The predicted molar refractivity (Wildman–Crippen MR) is 87.2 cm³/mol. The highest BCUT2D eigenvalue weighted by Gasteiger charge is 2.21. The predicted octanol–water partition coefficient (Wildman–Crippen LogP) is 2.73. The smallest absolute Gasteiger partial charge is 0.228 e. The van der Waals surface area contributed by atoms with E-state index in [-0.39, 0.29) is 11.8 Å². The molecule has 0 fully saturated rings. The maximum atomic E-state index is 12.2. The van der Waals surface area contributed by atoms with Gasteiger partial charge < -0.3 is 15.5 Å². The molecular weight excluding hydrogens is 270 g/mol. The first-order chi connectivity index (χ1) is 9.56. The maximum Gasteiger partial charge on any atom is 0.228 e. The van der Waals surface area contributed by atoms with Crippen LogP contribution in [0.25, 0.3) is 0 Å². The Morgan fingerprint density at radius 2 is 2.15 bits per heavy atom. The van der Waals surface area contributed by atoms with Crippen LogP contribution in [0, 0.1) is 5.92 Å². The minimum absolute atomic E-state index is 0.0838. The Kier molecular flexibility index (Phi) is 8.07. The Labute approximate surface area is 127 Å². The van der Waals surface area contributed by atoms with E-state index in [1.165, 1.54) is 11.3 Å². The molecule has 0 aliphatic carbocycles. The van der Waals surface area contributed by atoms with Gasteiger partial charge in [-0.05, 0) is 39.3 Å². The van der Waals surface area contributed by atoms with Gasteiger partial charge in [0.15, 0.2) is 0 Å². The molecule has 1 aliphatic heterocycles. The van der Waals surface area contributed by atoms with Gasteiger partial charge in [0.1, 0.15) is 5.82 Å². The zero-order valence-corrected chi connectivity index (χ0v) is 14.1. The molecule has 0 aromatic heterocycles. The van der Waals surface area contributed by atoms with E-state index >= 15 is 0 Å². The summed E-state index contributed by atoms with van der Waals surface area (Å²) in [7, 11) is 2.02. The van der Waals surface area contributed by atoms with Crippen molar-refractivity contribution in [2.45, 2.75) is 46.5 Å². The molecule has 1 atom stereocenters. The van der Waals surface area contributed by atoms with Crippen molar-refractivity contribution >= 4 is 17.7 Å². The quantitative estimate of drug-likeness (QED) is 0.643. The average Bonchev–Trinajstić information content (AvgIpc) is 2.74. The number of nitrogens with one attached hydrogen (secondary N) is 2. The fraction of sp³-hybridized carbons (Fsp3) is 0.800. The lowest BCUT2D eigenvalue weighted by Gasteiger charge is -2.19. The molecular formula is C15H29N3OS. The molecule has 2 N–H and O–H groups in total. The number of carbonyl (C=O) groups excluding carboxylic acids is 1. The second kappa shape index (κ2) is 9.29. The highest BCUT2D eigenvalue weighted by atomic mass is 32.2. The van der Waals surface area contributed by atoms with E-state index in [1.807, 2.05) is 14.0 Å². The van der Waals surface area contributed by atoms with Crippen molar-refractivity contribution in [3.8, 4) is 0 Å². The van der Waals surface area contributed by atoms with E-state index in [0.717, 1.165) is 44.0 Å². The first-order valence-corrected chi connectivity index (χ1v) is 8.61. The first kappa shape index (κ1) is 17.4. The number of carbonyl (C=O) groups is 1. The van der Waals surface area contributed by atoms with Gasteiger partial charge in [-0.1, -0.05) is 20.3 Å². The maximum absolute atomic E-state index is 12.2. The third kappa shape index (κ3) is 5.75. The molecule has 20 heavy (non-hydrogen) atoms. The molecule has 1 heterocycles. The van der Waals surface area contributed by atoms with E-state index in [1.54, 1.807) is 11.8 Å². The minimum atomic E-state index is 0.0838. The topological polar surface area (TPSA) is 44.4 Å². The largest absolute Gasteiger partial charge is 0.351 e. The summed E-state index contributed by atoms with van der Waals surface area (Å²) in [6.07, 6.45) is 4.39. The number of hydrogen-bond donors (Lipinski definition) is 2. The van der Waals surface area contributed by atoms with Crippen LogP contribution < -0.4 is 10.6 Å². The Hall–Kier alpha value is -0.680. The molecule has 4 nitrogen and oxygen atoms in total. The lowest BCUT2D eigenvalue weighted by Crippen LogP contribution is -2.34. The first-order valence-electron chi connectivity index (χ1n) is 7.62. The van der Waals surface area contributed by atoms with E-state index < -0.39 is 0 Å². The Bertz CT molecular complexity index is 344. The zero-order chi connectivity index (χ0) is 15.0. The number of allylic oxidation sites excluding steroid dienone is 1. The number of thioether (sulfide) groups is 1. The highest BCUT2D eigenvalue weighted by molar-refractivity contribution is 8.03. The Morgan fingerprint density at radius 3 is 2.75 bits per heavy atom. The van der Waals surface area contributed by atoms with Crippen LogP contribution in [-0.2, 0) is 4.79 Å². The van der Waals surface area contributed by atoms with Gasteiger partial charge in [-0.15, -0.1) is 11.8 Å². The van der Waals surface area contributed by atoms with Gasteiger partial charge >= 0.3 is 0 Å². The molecule has 0 unspecified atom stereocenters. The van der Waals surface area contributed by atoms with Crippen LogP contribution >= 0.6 is 11.8 Å². The van der Waals surface area contributed by atoms with E-state index in [4.69, 9.17) is 0 Å². The summed E-state index contributed by atoms with van der Waals surface area (Å²) in [5.74, 6) is 2.14. The summed E-state index contributed by atoms with van der Waals surface area (Å²) in [6, 6.07) is 0. The van der Waals surface area contributed by atoms with Crippen LogP contribution in [0.5, 0.6) is 0 Å². The summed E-state index contributed by atoms with van der Waals surface area (Å²) in [5, 5.41) is 6.46. The molecule has 0 aromatic carbocycles. The Morgan fingerprint density at radius 1 is 1.40 bits per heavy atom. The molecule has 116 valence electrons. The zero-order valence-electron chi connectivity index (χ0n) is 13.3. The van der Waals surface area contributed by atoms with Gasteiger partial charge in [0.2, 0.25) is 5.91 Å². The van der Waals surface area contributed by atoms with Crippen LogP contribution in [0.15, 0.2) is 10.7 Å². The van der Waals surface area contributed by atoms with Gasteiger partial charge in [0.05, 0.1) is 5.88 Å². The Balaban J connectivity index is 2.21. The molecule has 1 rings (SSSR count). The molecule has 1 aliphatic rings. The molecule has 0 saturated carbocycles. The van der Waals surface area contributed by atoms with Crippen LogP contribution in [0.2, 0.25) is 0 Å². The van der Waals surface area contributed by atoms with Crippen LogP contribution in [0.3, 0.4) is 0 Å². The molecule has 1 amide bonds. The van der Waals surface area contributed by atoms with Crippen LogP contribution in [0.1, 0.15) is 46.5 Å². The van der Waals surface area contributed by atoms with Crippen LogP contribution in [-0.4, -0.2) is 36.8 Å². The summed E-state index contributed by atoms with van der Waals surface area (Å²) in [6.45, 7) is 8.41. The standard InChI is InChI=1S/C15H29N3OS/c1-5-9-16-10-7-6-8-12(2)15(19)17-14-13(3)20-11-18(14)4/h12,16H,5-11H2,1-4H3,(H,17,19)/t12-/m0/s1. The highest BCUT2D eigenvalue weighted by Crippen LogP contribution is 2.28. The molecule has 0 aromatic rings. The fourth-order valence-electron chi connectivity index (χ4n) is 2.15. The van der Waals surface area contributed by atoms with Gasteiger partial charge in [-0.25, -0.2) is 0 Å². The molecule has 0 radical (unpaired) electrons. The lowest BCUT2D eigenvalue weighted by atomic mass is 10.0. The third-order valence-corrected chi connectivity index (χ3v) is 4.69. The van der Waals surface area contributed by atoms with Crippen molar-refractivity contribution in [1.82, 2.24) is 15.5 Å². The summed E-state index contributed by atoms with van der Waals surface area (Å²) < 4.78 is 0. The normalized spacial score (nSPS) is 16.7. The fourth-order valence-corrected chi connectivity index (χ4v) is 3.01. The SMILES string of the molecule is CCCNCCCC[C@H](C)C(=O)NC1=C(C)SCN1C. The number of unbranched alkanes of at least 4 members (excludes halogenated alkanes) is 1. The average molecular weight is 299 g/mol. The number of nitrogens with zero attached hydrogens (tertiary/aromatic N) is 1. The van der Waals surface area contributed by atoms with E-state index in [2.05, 4.69) is 29.4 Å². The van der Waals surface area contributed by atoms with Crippen molar-refractivity contribution in [3.05, 3.63) is 10.7 Å². The van der Waals surface area contributed by atoms with Crippen molar-refractivity contribution < 1.29 is 4.79 Å². The second-order valence-electron chi connectivity index (χ2n) is 5.51. The summed E-state index contributed by atoms with van der Waals surface area (Å²) in [5.41, 5.74) is 0. The van der Waals surface area contributed by atoms with Gasteiger partial charge in [-0.2, -0.15) is 0 Å². The van der Waals surface area contributed by atoms with Gasteiger partial charge in [0, 0.05) is 17.9 Å². The van der Waals surface area contributed by atoms with Gasteiger partial charge in [0.25, 0.3) is 0 Å². The van der Waals surface area contributed by atoms with E-state index in [0.29, 0.717) is 0 Å². The van der Waals surface area contributed by atoms with Crippen molar-refractivity contribution in [2.24, 2.45) is 5.92 Å². The summed E-state index contributed by atoms with van der Waals surface area (Å²) in [4.78, 5) is 15.5. The molecule has 5 heteroatoms. The van der Waals surface area contributed by atoms with E-state index in [9.17, 15) is 4.79 Å². The molecule has 0 bridgehead atoms. The number of hydrogen-bond acceptors (Lipinski definition) is 4. The van der Waals surface area contributed by atoms with Crippen molar-refractivity contribution in [1.29, 1.82) is 0 Å². The lowest BCUT2D eigenvalue weighted by molar-refractivity contribution is -0.124. The molecule has 0 spiro atoms. The summed E-state index contributed by atoms with van der Waals surface area (Å²) >= 11 is 1.78. The van der Waals surface area contributed by atoms with Crippen LogP contribution in [0.4, 0.5) is 0 Å². The van der Waals surface area contributed by atoms with Gasteiger partial charge in [-0.3, -0.25) is 4.79 Å². The third-order valence-electron chi connectivity index (χ3n) is 3.55. The number of rotatable bonds is 9.